The van der Waals surface area contributed by atoms with Crippen LogP contribution in [-0.2, 0) is 19.4 Å². The molecule has 7 heteroatoms. The minimum atomic E-state index is -4.09. The van der Waals surface area contributed by atoms with Crippen molar-refractivity contribution < 1.29 is 23.1 Å². The van der Waals surface area contributed by atoms with Crippen LogP contribution in [0, 0.1) is 5.92 Å². The van der Waals surface area contributed by atoms with Crippen LogP contribution in [0.5, 0.6) is 0 Å². The molecule has 6 nitrogen and oxygen atoms in total. The molecule has 2 N–H and O–H groups in total. The number of rotatable bonds is 7. The molecular formula is C13H25NO5S. The molecule has 0 aliphatic carbocycles. The van der Waals surface area contributed by atoms with E-state index < -0.39 is 43.7 Å². The van der Waals surface area contributed by atoms with Crippen LogP contribution in [0.1, 0.15) is 48.0 Å². The summed E-state index contributed by atoms with van der Waals surface area (Å²) in [5.74, 6) is -2.69. The first-order valence-corrected chi connectivity index (χ1v) is 8.25. The second kappa shape index (κ2) is 6.56. The Morgan fingerprint density at radius 3 is 1.95 bits per heavy atom. The number of aliphatic carboxylic acids is 1. The van der Waals surface area contributed by atoms with E-state index in [1.807, 2.05) is 6.92 Å². The van der Waals surface area contributed by atoms with Gasteiger partial charge in [0.1, 0.15) is 5.25 Å². The topological polar surface area (TPSA) is 101 Å². The molecule has 20 heavy (non-hydrogen) atoms. The number of carbonyl (C=O) groups excluding carboxylic acids is 1. The SMILES string of the molecule is CCC(C)(C)NC(=O)C(C)S(=O)(=O)C(C(=O)O)C(C)C. The number of carboxylic acids is 1. The van der Waals surface area contributed by atoms with Crippen LogP contribution in [0.3, 0.4) is 0 Å². The molecule has 1 amide bonds. The molecule has 0 aromatic heterocycles. The Kier molecular flexibility index (Phi) is 6.20. The highest BCUT2D eigenvalue weighted by atomic mass is 32.2. The number of hydrogen-bond donors (Lipinski definition) is 2. The Hall–Kier alpha value is -1.11. The molecule has 0 saturated heterocycles. The monoisotopic (exact) mass is 307 g/mol. The number of nitrogens with one attached hydrogen (secondary N) is 1. The fraction of sp³-hybridized carbons (Fsp3) is 0.846. The normalized spacial score (nSPS) is 15.8. The smallest absolute Gasteiger partial charge is 0.322 e. The summed E-state index contributed by atoms with van der Waals surface area (Å²) in [5.41, 5.74) is -0.530. The zero-order valence-corrected chi connectivity index (χ0v) is 13.7. The lowest BCUT2D eigenvalue weighted by molar-refractivity contribution is -0.137. The van der Waals surface area contributed by atoms with E-state index in [0.29, 0.717) is 6.42 Å². The lowest BCUT2D eigenvalue weighted by atomic mass is 10.0. The molecule has 0 aromatic rings. The highest BCUT2D eigenvalue weighted by Gasteiger charge is 2.42. The second-order valence-electron chi connectivity index (χ2n) is 5.96. The van der Waals surface area contributed by atoms with Gasteiger partial charge in [0.25, 0.3) is 0 Å². The molecule has 0 aliphatic rings. The Labute approximate surface area is 120 Å². The Morgan fingerprint density at radius 2 is 1.65 bits per heavy atom. The van der Waals surface area contributed by atoms with Gasteiger partial charge in [0, 0.05) is 5.54 Å². The molecule has 0 aromatic carbocycles. The number of carboxylic acid groups (broad SMARTS) is 1. The number of amides is 1. The number of hydrogen-bond acceptors (Lipinski definition) is 4. The van der Waals surface area contributed by atoms with E-state index in [2.05, 4.69) is 5.32 Å². The highest BCUT2D eigenvalue weighted by Crippen LogP contribution is 2.19. The molecule has 0 radical (unpaired) electrons. The lowest BCUT2D eigenvalue weighted by Gasteiger charge is -2.28. The minimum Gasteiger partial charge on any atom is -0.480 e. The van der Waals surface area contributed by atoms with Gasteiger partial charge in [-0.25, -0.2) is 8.42 Å². The van der Waals surface area contributed by atoms with Gasteiger partial charge in [-0.2, -0.15) is 0 Å². The summed E-state index contributed by atoms with van der Waals surface area (Å²) in [4.78, 5) is 23.2. The summed E-state index contributed by atoms with van der Waals surface area (Å²) in [6, 6.07) is 0. The van der Waals surface area contributed by atoms with Gasteiger partial charge >= 0.3 is 5.97 Å². The van der Waals surface area contributed by atoms with Crippen LogP contribution in [0.25, 0.3) is 0 Å². The fourth-order valence-electron chi connectivity index (χ4n) is 1.70. The van der Waals surface area contributed by atoms with E-state index in [9.17, 15) is 18.0 Å². The van der Waals surface area contributed by atoms with Gasteiger partial charge in [0.05, 0.1) is 0 Å². The maximum atomic E-state index is 12.3. The van der Waals surface area contributed by atoms with Crippen molar-refractivity contribution in [1.29, 1.82) is 0 Å². The maximum Gasteiger partial charge on any atom is 0.322 e. The van der Waals surface area contributed by atoms with E-state index in [1.165, 1.54) is 20.8 Å². The Morgan fingerprint density at radius 1 is 1.20 bits per heavy atom. The number of carbonyl (C=O) groups is 2. The van der Waals surface area contributed by atoms with E-state index in [-0.39, 0.29) is 0 Å². The predicted molar refractivity (Wildman–Crippen MR) is 77.2 cm³/mol. The molecule has 0 rings (SSSR count). The van der Waals surface area contributed by atoms with Crippen molar-refractivity contribution in [2.75, 3.05) is 0 Å². The summed E-state index contributed by atoms with van der Waals surface area (Å²) >= 11 is 0. The standard InChI is InChI=1S/C13H25NO5S/c1-7-13(5,6)14-11(15)9(4)20(18,19)10(8(2)3)12(16)17/h8-10H,7H2,1-6H3,(H,14,15)(H,16,17). The third kappa shape index (κ3) is 4.47. The van der Waals surface area contributed by atoms with Crippen molar-refractivity contribution in [2.24, 2.45) is 5.92 Å². The molecule has 0 bridgehead atoms. The zero-order valence-electron chi connectivity index (χ0n) is 12.9. The van der Waals surface area contributed by atoms with Gasteiger partial charge in [0.2, 0.25) is 5.91 Å². The van der Waals surface area contributed by atoms with Gasteiger partial charge in [-0.1, -0.05) is 20.8 Å². The van der Waals surface area contributed by atoms with Gasteiger partial charge in [0.15, 0.2) is 15.1 Å². The molecule has 0 aliphatic heterocycles. The first-order chi connectivity index (χ1) is 8.86. The van der Waals surface area contributed by atoms with Crippen LogP contribution in [0.4, 0.5) is 0 Å². The third-order valence-corrected chi connectivity index (χ3v) is 6.06. The minimum absolute atomic E-state index is 0.530. The van der Waals surface area contributed by atoms with Crippen molar-refractivity contribution in [2.45, 2.75) is 64.0 Å². The zero-order chi connectivity index (χ0) is 16.3. The highest BCUT2D eigenvalue weighted by molar-refractivity contribution is 7.94. The Bertz CT molecular complexity index is 467. The average Bonchev–Trinajstić information content (AvgIpc) is 2.25. The summed E-state index contributed by atoms with van der Waals surface area (Å²) in [7, 11) is -4.09. The molecule has 2 unspecified atom stereocenters. The summed E-state index contributed by atoms with van der Waals surface area (Å²) in [5, 5.41) is 8.74. The summed E-state index contributed by atoms with van der Waals surface area (Å²) in [6.45, 7) is 9.68. The molecule has 2 atom stereocenters. The van der Waals surface area contributed by atoms with Gasteiger partial charge < -0.3 is 10.4 Å². The largest absolute Gasteiger partial charge is 0.480 e. The van der Waals surface area contributed by atoms with Crippen molar-refractivity contribution in [3.63, 3.8) is 0 Å². The van der Waals surface area contributed by atoms with Crippen LogP contribution in [0.2, 0.25) is 0 Å². The average molecular weight is 307 g/mol. The second-order valence-corrected chi connectivity index (χ2v) is 8.35. The summed E-state index contributed by atoms with van der Waals surface area (Å²) in [6.07, 6.45) is 0.637. The first kappa shape index (κ1) is 18.9. The fourth-order valence-corrected chi connectivity index (χ4v) is 3.53. The van der Waals surface area contributed by atoms with Gasteiger partial charge in [-0.3, -0.25) is 9.59 Å². The van der Waals surface area contributed by atoms with Gasteiger partial charge in [-0.15, -0.1) is 0 Å². The first-order valence-electron chi connectivity index (χ1n) is 6.64. The molecule has 118 valence electrons. The quantitative estimate of drug-likeness (QED) is 0.736. The molecule has 0 heterocycles. The Balaban J connectivity index is 5.31. The van der Waals surface area contributed by atoms with Crippen LogP contribution < -0.4 is 5.32 Å². The van der Waals surface area contributed by atoms with Crippen molar-refractivity contribution in [3.05, 3.63) is 0 Å². The van der Waals surface area contributed by atoms with Crippen LogP contribution in [-0.4, -0.2) is 41.4 Å². The molecule has 0 spiro atoms. The van der Waals surface area contributed by atoms with Crippen molar-refractivity contribution in [1.82, 2.24) is 5.32 Å². The number of sulfone groups is 1. The molecular weight excluding hydrogens is 282 g/mol. The van der Waals surface area contributed by atoms with E-state index in [1.54, 1.807) is 13.8 Å². The molecule has 0 fully saturated rings. The predicted octanol–water partition coefficient (Wildman–Crippen LogP) is 1.20. The van der Waals surface area contributed by atoms with Gasteiger partial charge in [-0.05, 0) is 33.1 Å². The van der Waals surface area contributed by atoms with Crippen molar-refractivity contribution >= 4 is 21.7 Å². The maximum absolute atomic E-state index is 12.3. The van der Waals surface area contributed by atoms with Crippen LogP contribution in [0.15, 0.2) is 0 Å². The third-order valence-electron chi connectivity index (χ3n) is 3.41. The van der Waals surface area contributed by atoms with Crippen LogP contribution >= 0.6 is 0 Å². The van der Waals surface area contributed by atoms with E-state index in [0.717, 1.165) is 0 Å². The summed E-state index contributed by atoms with van der Waals surface area (Å²) < 4.78 is 24.6. The molecule has 0 saturated carbocycles. The van der Waals surface area contributed by atoms with Crippen molar-refractivity contribution in [3.8, 4) is 0 Å². The lowest BCUT2D eigenvalue weighted by Crippen LogP contribution is -2.51. The van der Waals surface area contributed by atoms with E-state index in [4.69, 9.17) is 5.11 Å². The van der Waals surface area contributed by atoms with E-state index >= 15 is 0 Å².